The van der Waals surface area contributed by atoms with Crippen LogP contribution >= 0.6 is 0 Å². The number of piperazine rings is 1. The van der Waals surface area contributed by atoms with E-state index in [-0.39, 0.29) is 17.9 Å². The van der Waals surface area contributed by atoms with E-state index in [1.165, 1.54) is 12.1 Å². The number of H-pyrrole nitrogens is 1. The number of hydrogen-bond donors (Lipinski definition) is 0. The molecule has 132 valence electrons. The average molecular weight is 344 g/mol. The van der Waals surface area contributed by atoms with Crippen LogP contribution in [0.15, 0.2) is 42.6 Å². The molecule has 1 aromatic carbocycles. The van der Waals surface area contributed by atoms with E-state index in [0.29, 0.717) is 5.56 Å². The number of benzene rings is 1. The number of hydrogen-bond acceptors (Lipinski definition) is 4. The Morgan fingerprint density at radius 1 is 1.04 bits per heavy atom. The van der Waals surface area contributed by atoms with Crippen molar-refractivity contribution in [1.29, 1.82) is 0 Å². The summed E-state index contributed by atoms with van der Waals surface area (Å²) in [5.41, 5.74) is 1.55. The Bertz CT molecular complexity index is 708. The van der Waals surface area contributed by atoms with Gasteiger partial charge in [0.15, 0.2) is 0 Å². The first-order valence-electron chi connectivity index (χ1n) is 8.51. The number of halogens is 1. The van der Waals surface area contributed by atoms with E-state index in [4.69, 9.17) is 4.74 Å². The molecule has 2 aromatic rings. The summed E-state index contributed by atoms with van der Waals surface area (Å²) in [5.74, 6) is 0.437. The molecule has 0 saturated carbocycles. The standard InChI is InChI=1S/C19H22FN3O2/c1-14(2)25-19(24)15-3-8-18(21-13-15)23-11-9-22(10-12-23)17-6-4-16(20)5-7-17/h3-8,13-14H,9-12H2,1-2H3/p+1. The number of nitrogens with zero attached hydrogens (tertiary/aromatic N) is 2. The molecule has 6 heteroatoms. The summed E-state index contributed by atoms with van der Waals surface area (Å²) in [5, 5.41) is 0. The number of aromatic nitrogens is 1. The van der Waals surface area contributed by atoms with Crippen molar-refractivity contribution in [1.82, 2.24) is 0 Å². The number of aromatic amines is 1. The van der Waals surface area contributed by atoms with Gasteiger partial charge in [-0.05, 0) is 44.2 Å². The number of rotatable bonds is 4. The summed E-state index contributed by atoms with van der Waals surface area (Å²) >= 11 is 0. The van der Waals surface area contributed by atoms with Gasteiger partial charge in [-0.1, -0.05) is 0 Å². The van der Waals surface area contributed by atoms with Crippen LogP contribution in [0.5, 0.6) is 0 Å². The fourth-order valence-corrected chi connectivity index (χ4v) is 2.88. The highest BCUT2D eigenvalue weighted by Crippen LogP contribution is 2.19. The lowest BCUT2D eigenvalue weighted by atomic mass is 10.2. The van der Waals surface area contributed by atoms with Crippen LogP contribution in [0, 0.1) is 5.82 Å². The van der Waals surface area contributed by atoms with Crippen molar-refractivity contribution in [3.05, 3.63) is 54.0 Å². The third-order valence-corrected chi connectivity index (χ3v) is 4.19. The minimum atomic E-state index is -0.320. The zero-order valence-electron chi connectivity index (χ0n) is 14.5. The van der Waals surface area contributed by atoms with Gasteiger partial charge in [-0.15, -0.1) is 0 Å². The molecule has 0 unspecified atom stereocenters. The van der Waals surface area contributed by atoms with E-state index in [1.54, 1.807) is 12.3 Å². The molecule has 0 bridgehead atoms. The highest BCUT2D eigenvalue weighted by atomic mass is 19.1. The number of ether oxygens (including phenoxy) is 1. The summed E-state index contributed by atoms with van der Waals surface area (Å²) in [7, 11) is 0. The second kappa shape index (κ2) is 7.51. The molecule has 0 aliphatic carbocycles. The molecule has 25 heavy (non-hydrogen) atoms. The SMILES string of the molecule is CC(C)OC(=O)c1ccc(N2CCN(c3ccc(F)cc3)CC2)[nH+]c1. The van der Waals surface area contributed by atoms with E-state index in [2.05, 4.69) is 14.8 Å². The summed E-state index contributed by atoms with van der Waals surface area (Å²) in [6, 6.07) is 10.3. The van der Waals surface area contributed by atoms with Crippen LogP contribution in [-0.2, 0) is 4.74 Å². The highest BCUT2D eigenvalue weighted by molar-refractivity contribution is 5.88. The Morgan fingerprint density at radius 2 is 1.68 bits per heavy atom. The van der Waals surface area contributed by atoms with Crippen LogP contribution in [-0.4, -0.2) is 38.3 Å². The molecule has 1 fully saturated rings. The number of carbonyl (C=O) groups excluding carboxylic acids is 1. The quantitative estimate of drug-likeness (QED) is 0.800. The molecule has 1 N–H and O–H groups in total. The molecule has 0 atom stereocenters. The number of esters is 1. The topological polar surface area (TPSA) is 46.9 Å². The van der Waals surface area contributed by atoms with Crippen LogP contribution in [0.2, 0.25) is 0 Å². The van der Waals surface area contributed by atoms with E-state index in [0.717, 1.165) is 37.7 Å². The highest BCUT2D eigenvalue weighted by Gasteiger charge is 2.24. The predicted molar refractivity (Wildman–Crippen MR) is 94.4 cm³/mol. The largest absolute Gasteiger partial charge is 0.459 e. The molecule has 1 aliphatic heterocycles. The number of anilines is 2. The maximum atomic E-state index is 13.0. The normalized spacial score (nSPS) is 14.7. The van der Waals surface area contributed by atoms with Crippen molar-refractivity contribution in [2.75, 3.05) is 36.0 Å². The van der Waals surface area contributed by atoms with E-state index >= 15 is 0 Å². The Kier molecular flexibility index (Phi) is 5.16. The zero-order chi connectivity index (χ0) is 17.8. The second-order valence-corrected chi connectivity index (χ2v) is 6.37. The van der Waals surface area contributed by atoms with Gasteiger partial charge in [0.25, 0.3) is 5.82 Å². The van der Waals surface area contributed by atoms with Gasteiger partial charge in [0.1, 0.15) is 25.1 Å². The minimum absolute atomic E-state index is 0.133. The minimum Gasteiger partial charge on any atom is -0.459 e. The maximum absolute atomic E-state index is 13.0. The Labute approximate surface area is 147 Å². The fraction of sp³-hybridized carbons (Fsp3) is 0.368. The fourth-order valence-electron chi connectivity index (χ4n) is 2.88. The van der Waals surface area contributed by atoms with Crippen LogP contribution in [0.1, 0.15) is 24.2 Å². The molecule has 2 heterocycles. The first-order valence-corrected chi connectivity index (χ1v) is 8.51. The summed E-state index contributed by atoms with van der Waals surface area (Å²) in [4.78, 5) is 19.5. The Balaban J connectivity index is 1.59. The summed E-state index contributed by atoms with van der Waals surface area (Å²) in [6.45, 7) is 7.08. The van der Waals surface area contributed by atoms with Gasteiger partial charge in [0, 0.05) is 11.8 Å². The molecule has 0 amide bonds. The van der Waals surface area contributed by atoms with Crippen LogP contribution in [0.25, 0.3) is 0 Å². The van der Waals surface area contributed by atoms with Crippen molar-refractivity contribution >= 4 is 17.5 Å². The second-order valence-electron chi connectivity index (χ2n) is 6.37. The number of pyridine rings is 1. The first-order chi connectivity index (χ1) is 12.0. The first kappa shape index (κ1) is 17.2. The third-order valence-electron chi connectivity index (χ3n) is 4.19. The van der Waals surface area contributed by atoms with E-state index in [1.807, 2.05) is 32.0 Å². The average Bonchev–Trinajstić information content (AvgIpc) is 2.62. The maximum Gasteiger partial charge on any atom is 0.342 e. The molecular weight excluding hydrogens is 321 g/mol. The van der Waals surface area contributed by atoms with Gasteiger partial charge in [-0.25, -0.2) is 14.2 Å². The lowest BCUT2D eigenvalue weighted by Crippen LogP contribution is -2.48. The molecule has 5 nitrogen and oxygen atoms in total. The van der Waals surface area contributed by atoms with Gasteiger partial charge < -0.3 is 9.64 Å². The van der Waals surface area contributed by atoms with E-state index < -0.39 is 0 Å². The molecule has 3 rings (SSSR count). The van der Waals surface area contributed by atoms with Crippen molar-refractivity contribution in [2.24, 2.45) is 0 Å². The van der Waals surface area contributed by atoms with Gasteiger partial charge in [-0.2, -0.15) is 0 Å². The number of nitrogens with one attached hydrogen (secondary N) is 1. The van der Waals surface area contributed by atoms with Gasteiger partial charge in [0.2, 0.25) is 0 Å². The van der Waals surface area contributed by atoms with Crippen LogP contribution in [0.3, 0.4) is 0 Å². The van der Waals surface area contributed by atoms with Crippen LogP contribution in [0.4, 0.5) is 15.9 Å². The van der Waals surface area contributed by atoms with Gasteiger partial charge >= 0.3 is 5.97 Å². The molecule has 0 spiro atoms. The lowest BCUT2D eigenvalue weighted by Gasteiger charge is -2.32. The molecule has 1 aliphatic rings. The van der Waals surface area contributed by atoms with Crippen molar-refractivity contribution in [2.45, 2.75) is 20.0 Å². The van der Waals surface area contributed by atoms with Crippen molar-refractivity contribution < 1.29 is 18.9 Å². The Hall–Kier alpha value is -2.63. The molecule has 1 aromatic heterocycles. The number of carbonyl (C=O) groups is 1. The molecular formula is C19H23FN3O2+. The van der Waals surface area contributed by atoms with Crippen LogP contribution < -0.4 is 14.8 Å². The smallest absolute Gasteiger partial charge is 0.342 e. The lowest BCUT2D eigenvalue weighted by molar-refractivity contribution is -0.364. The third kappa shape index (κ3) is 4.26. The molecule has 0 radical (unpaired) electrons. The zero-order valence-corrected chi connectivity index (χ0v) is 14.5. The predicted octanol–water partition coefficient (Wildman–Crippen LogP) is 2.53. The van der Waals surface area contributed by atoms with Gasteiger partial charge in [-0.3, -0.25) is 4.90 Å². The Morgan fingerprint density at radius 3 is 2.24 bits per heavy atom. The monoisotopic (exact) mass is 344 g/mol. The van der Waals surface area contributed by atoms with Gasteiger partial charge in [0.05, 0.1) is 24.8 Å². The molecule has 1 saturated heterocycles. The summed E-state index contributed by atoms with van der Waals surface area (Å²) < 4.78 is 18.2. The van der Waals surface area contributed by atoms with E-state index in [9.17, 15) is 9.18 Å². The summed E-state index contributed by atoms with van der Waals surface area (Å²) in [6.07, 6.45) is 1.55. The van der Waals surface area contributed by atoms with Crippen molar-refractivity contribution in [3.8, 4) is 0 Å². The van der Waals surface area contributed by atoms with Crippen molar-refractivity contribution in [3.63, 3.8) is 0 Å².